The van der Waals surface area contributed by atoms with Gasteiger partial charge >= 0.3 is 0 Å². The lowest BCUT2D eigenvalue weighted by atomic mass is 10.0. The van der Waals surface area contributed by atoms with Gasteiger partial charge in [-0.05, 0) is 24.1 Å². The first-order valence-electron chi connectivity index (χ1n) is 7.63. The minimum absolute atomic E-state index is 0.00268. The van der Waals surface area contributed by atoms with Crippen LogP contribution in [0.4, 0.5) is 4.39 Å². The van der Waals surface area contributed by atoms with Gasteiger partial charge in [0.2, 0.25) is 11.8 Å². The molecule has 0 unspecified atom stereocenters. The van der Waals surface area contributed by atoms with Gasteiger partial charge in [0.15, 0.2) is 0 Å². The van der Waals surface area contributed by atoms with Gasteiger partial charge in [-0.15, -0.1) is 0 Å². The predicted molar refractivity (Wildman–Crippen MR) is 78.9 cm³/mol. The fraction of sp³-hybridized carbons (Fsp3) is 0.500. The Kier molecular flexibility index (Phi) is 4.58. The van der Waals surface area contributed by atoms with Crippen LogP contribution in [0.1, 0.15) is 18.0 Å². The number of ether oxygens (including phenoxy) is 1. The van der Waals surface area contributed by atoms with Gasteiger partial charge in [0.1, 0.15) is 12.4 Å². The van der Waals surface area contributed by atoms with Gasteiger partial charge in [-0.2, -0.15) is 0 Å². The van der Waals surface area contributed by atoms with Crippen molar-refractivity contribution in [1.29, 1.82) is 0 Å². The van der Waals surface area contributed by atoms with Crippen molar-refractivity contribution in [2.45, 2.75) is 18.6 Å². The summed E-state index contributed by atoms with van der Waals surface area (Å²) in [7, 11) is 0. The zero-order valence-corrected chi connectivity index (χ0v) is 12.7. The lowest BCUT2D eigenvalue weighted by Crippen LogP contribution is -2.48. The van der Waals surface area contributed by atoms with Gasteiger partial charge in [-0.1, -0.05) is 12.1 Å². The first-order valence-corrected chi connectivity index (χ1v) is 7.63. The van der Waals surface area contributed by atoms with Crippen molar-refractivity contribution >= 4 is 11.8 Å². The SMILES string of the molecule is O=C1COCCN1CC(=O)N1C[C@@H](O)C[C@H]1c1ccc(F)cc1. The predicted octanol–water partition coefficient (Wildman–Crippen LogP) is 0.319. The molecule has 1 aromatic carbocycles. The zero-order valence-electron chi connectivity index (χ0n) is 12.7. The Balaban J connectivity index is 1.72. The topological polar surface area (TPSA) is 70.1 Å². The summed E-state index contributed by atoms with van der Waals surface area (Å²) in [4.78, 5) is 27.3. The van der Waals surface area contributed by atoms with Crippen molar-refractivity contribution in [3.8, 4) is 0 Å². The van der Waals surface area contributed by atoms with Crippen molar-refractivity contribution in [2.24, 2.45) is 0 Å². The smallest absolute Gasteiger partial charge is 0.249 e. The van der Waals surface area contributed by atoms with Crippen LogP contribution in [-0.4, -0.2) is 65.7 Å². The molecule has 0 spiro atoms. The van der Waals surface area contributed by atoms with Gasteiger partial charge < -0.3 is 19.6 Å². The van der Waals surface area contributed by atoms with Gasteiger partial charge in [0, 0.05) is 13.1 Å². The van der Waals surface area contributed by atoms with E-state index >= 15 is 0 Å². The molecule has 2 aliphatic rings. The van der Waals surface area contributed by atoms with Crippen LogP contribution < -0.4 is 0 Å². The number of rotatable bonds is 3. The number of β-amino-alcohol motifs (C(OH)–C–C–N with tert-alkyl or cyclic N) is 1. The second-order valence-electron chi connectivity index (χ2n) is 5.87. The molecule has 0 bridgehead atoms. The molecular weight excluding hydrogens is 303 g/mol. The number of halogens is 1. The fourth-order valence-electron chi connectivity index (χ4n) is 3.06. The van der Waals surface area contributed by atoms with Gasteiger partial charge in [0.25, 0.3) is 0 Å². The van der Waals surface area contributed by atoms with E-state index in [0.717, 1.165) is 5.56 Å². The van der Waals surface area contributed by atoms with E-state index in [-0.39, 0.29) is 43.4 Å². The number of benzene rings is 1. The number of carbonyl (C=O) groups is 2. The van der Waals surface area contributed by atoms with Gasteiger partial charge in [-0.3, -0.25) is 9.59 Å². The van der Waals surface area contributed by atoms with E-state index < -0.39 is 6.10 Å². The Hall–Kier alpha value is -1.99. The number of aliphatic hydroxyl groups excluding tert-OH is 1. The Morgan fingerprint density at radius 3 is 2.78 bits per heavy atom. The minimum Gasteiger partial charge on any atom is -0.391 e. The van der Waals surface area contributed by atoms with Crippen LogP contribution in [0.2, 0.25) is 0 Å². The number of carbonyl (C=O) groups excluding carboxylic acids is 2. The maximum Gasteiger partial charge on any atom is 0.249 e. The molecule has 23 heavy (non-hydrogen) atoms. The molecule has 0 aromatic heterocycles. The number of nitrogens with zero attached hydrogens (tertiary/aromatic N) is 2. The molecule has 124 valence electrons. The first-order chi connectivity index (χ1) is 11.0. The van der Waals surface area contributed by atoms with Crippen LogP contribution >= 0.6 is 0 Å². The highest BCUT2D eigenvalue weighted by atomic mass is 19.1. The standard InChI is InChI=1S/C16H19FN2O4/c17-12-3-1-11(2-4-12)14-7-13(20)8-19(14)15(21)9-18-5-6-23-10-16(18)22/h1-4,13-14,20H,5-10H2/t13-,14-/m0/s1. The number of aliphatic hydroxyl groups is 1. The summed E-state index contributed by atoms with van der Waals surface area (Å²) in [6, 6.07) is 5.63. The molecule has 2 fully saturated rings. The van der Waals surface area contributed by atoms with E-state index in [1.165, 1.54) is 17.0 Å². The summed E-state index contributed by atoms with van der Waals surface area (Å²) in [5.74, 6) is -0.766. The molecule has 0 radical (unpaired) electrons. The van der Waals surface area contributed by atoms with E-state index in [4.69, 9.17) is 4.74 Å². The molecule has 2 amide bonds. The molecule has 1 N–H and O–H groups in total. The molecule has 2 heterocycles. The van der Waals surface area contributed by atoms with Crippen molar-refractivity contribution in [3.05, 3.63) is 35.6 Å². The average Bonchev–Trinajstić information content (AvgIpc) is 2.92. The highest BCUT2D eigenvalue weighted by Crippen LogP contribution is 2.32. The zero-order chi connectivity index (χ0) is 16.4. The first kappa shape index (κ1) is 15.9. The van der Waals surface area contributed by atoms with E-state index in [2.05, 4.69) is 0 Å². The van der Waals surface area contributed by atoms with Crippen LogP contribution in [-0.2, 0) is 14.3 Å². The van der Waals surface area contributed by atoms with Crippen molar-refractivity contribution in [1.82, 2.24) is 9.80 Å². The Morgan fingerprint density at radius 1 is 1.35 bits per heavy atom. The molecular formula is C16H19FN2O4. The summed E-state index contributed by atoms with van der Waals surface area (Å²) >= 11 is 0. The van der Waals surface area contributed by atoms with Gasteiger partial charge in [-0.25, -0.2) is 4.39 Å². The number of hydrogen-bond donors (Lipinski definition) is 1. The van der Waals surface area contributed by atoms with Crippen LogP contribution in [0.3, 0.4) is 0 Å². The molecule has 6 nitrogen and oxygen atoms in total. The monoisotopic (exact) mass is 322 g/mol. The Bertz CT molecular complexity index is 592. The maximum atomic E-state index is 13.1. The summed E-state index contributed by atoms with van der Waals surface area (Å²) in [6.07, 6.45) is -0.205. The lowest BCUT2D eigenvalue weighted by Gasteiger charge is -2.30. The maximum absolute atomic E-state index is 13.1. The van der Waals surface area contributed by atoms with E-state index in [1.54, 1.807) is 17.0 Å². The highest BCUT2D eigenvalue weighted by Gasteiger charge is 2.36. The van der Waals surface area contributed by atoms with Crippen LogP contribution in [0.25, 0.3) is 0 Å². The summed E-state index contributed by atoms with van der Waals surface area (Å²) < 4.78 is 18.1. The molecule has 0 aliphatic carbocycles. The molecule has 7 heteroatoms. The summed E-state index contributed by atoms with van der Waals surface area (Å²) in [5, 5.41) is 9.92. The number of amides is 2. The van der Waals surface area contributed by atoms with E-state index in [9.17, 15) is 19.1 Å². The Morgan fingerprint density at radius 2 is 2.09 bits per heavy atom. The largest absolute Gasteiger partial charge is 0.391 e. The number of hydrogen-bond acceptors (Lipinski definition) is 4. The average molecular weight is 322 g/mol. The van der Waals surface area contributed by atoms with Gasteiger partial charge in [0.05, 0.1) is 25.3 Å². The quantitative estimate of drug-likeness (QED) is 0.870. The van der Waals surface area contributed by atoms with Crippen molar-refractivity contribution in [3.63, 3.8) is 0 Å². The molecule has 2 saturated heterocycles. The van der Waals surface area contributed by atoms with E-state index in [0.29, 0.717) is 19.6 Å². The lowest BCUT2D eigenvalue weighted by molar-refractivity contribution is -0.148. The molecule has 1 aromatic rings. The van der Waals surface area contributed by atoms with Crippen LogP contribution in [0.5, 0.6) is 0 Å². The molecule has 3 rings (SSSR count). The summed E-state index contributed by atoms with van der Waals surface area (Å²) in [6.45, 7) is 1.01. The molecule has 0 saturated carbocycles. The van der Waals surface area contributed by atoms with Crippen molar-refractivity contribution < 1.29 is 23.8 Å². The second kappa shape index (κ2) is 6.64. The second-order valence-corrected chi connectivity index (χ2v) is 5.87. The minimum atomic E-state index is -0.616. The molecule has 2 aliphatic heterocycles. The van der Waals surface area contributed by atoms with Crippen LogP contribution in [0.15, 0.2) is 24.3 Å². The third-order valence-corrected chi connectivity index (χ3v) is 4.26. The Labute approximate surface area is 133 Å². The van der Waals surface area contributed by atoms with E-state index in [1.807, 2.05) is 0 Å². The fourth-order valence-corrected chi connectivity index (χ4v) is 3.06. The summed E-state index contributed by atoms with van der Waals surface area (Å²) in [5.41, 5.74) is 0.782. The number of likely N-dealkylation sites (tertiary alicyclic amines) is 1. The third kappa shape index (κ3) is 3.51. The highest BCUT2D eigenvalue weighted by molar-refractivity contribution is 5.86. The molecule has 2 atom stereocenters. The van der Waals surface area contributed by atoms with Crippen molar-refractivity contribution in [2.75, 3.05) is 32.8 Å². The third-order valence-electron chi connectivity index (χ3n) is 4.26. The number of morpholine rings is 1. The normalized spacial score (nSPS) is 25.0. The van der Waals surface area contributed by atoms with Crippen LogP contribution in [0, 0.1) is 5.82 Å².